The van der Waals surface area contributed by atoms with Crippen LogP contribution in [0.1, 0.15) is 31.0 Å². The number of aliphatic imine (C=N–C) groups is 1. The van der Waals surface area contributed by atoms with E-state index in [1.165, 1.54) is 6.33 Å². The highest BCUT2D eigenvalue weighted by atomic mass is 19.3. The van der Waals surface area contributed by atoms with E-state index in [2.05, 4.69) is 15.0 Å². The number of aromatic nitrogens is 2. The zero-order valence-corrected chi connectivity index (χ0v) is 15.9. The third-order valence-corrected chi connectivity index (χ3v) is 4.91. The van der Waals surface area contributed by atoms with Crippen molar-refractivity contribution in [2.24, 2.45) is 4.99 Å². The van der Waals surface area contributed by atoms with Gasteiger partial charge in [-0.05, 0) is 25.1 Å². The second kappa shape index (κ2) is 7.43. The molecule has 0 N–H and O–H groups in total. The summed E-state index contributed by atoms with van der Waals surface area (Å²) in [6.07, 6.45) is 1.08. The van der Waals surface area contributed by atoms with Gasteiger partial charge in [0.05, 0.1) is 23.7 Å². The molecule has 4 rings (SSSR count). The minimum atomic E-state index is -2.58. The summed E-state index contributed by atoms with van der Waals surface area (Å²) in [6.45, 7) is 3.00. The Labute approximate surface area is 162 Å². The molecule has 148 valence electrons. The Kier molecular flexibility index (Phi) is 4.97. The largest absolute Gasteiger partial charge is 0.488 e. The Bertz CT molecular complexity index is 894. The predicted octanol–water partition coefficient (Wildman–Crippen LogP) is 3.61. The lowest BCUT2D eigenvalue weighted by Crippen LogP contribution is -2.39. The van der Waals surface area contributed by atoms with Gasteiger partial charge < -0.3 is 14.4 Å². The van der Waals surface area contributed by atoms with Crippen LogP contribution in [-0.4, -0.2) is 54.5 Å². The molecule has 1 aromatic carbocycles. The Morgan fingerprint density at radius 1 is 1.18 bits per heavy atom. The molecular formula is C20H22F2N4O2. The monoisotopic (exact) mass is 388 g/mol. The van der Waals surface area contributed by atoms with Crippen molar-refractivity contribution < 1.29 is 18.3 Å². The zero-order chi connectivity index (χ0) is 19.7. The number of fused-ring (bicyclic) bond motifs is 1. The van der Waals surface area contributed by atoms with Crippen LogP contribution in [0.3, 0.4) is 0 Å². The van der Waals surface area contributed by atoms with E-state index < -0.39 is 5.92 Å². The number of methoxy groups -OCH3 is 1. The summed E-state index contributed by atoms with van der Waals surface area (Å²) < 4.78 is 37.8. The maximum Gasteiger partial charge on any atom is 0.251 e. The fraction of sp³-hybridized carbons (Fsp3) is 0.450. The number of ether oxygens (including phenoxy) is 2. The number of benzene rings is 1. The topological polar surface area (TPSA) is 59.8 Å². The molecule has 6 nitrogen and oxygen atoms in total. The van der Waals surface area contributed by atoms with Crippen molar-refractivity contribution in [2.75, 3.05) is 31.7 Å². The Morgan fingerprint density at radius 2 is 1.96 bits per heavy atom. The summed E-state index contributed by atoms with van der Waals surface area (Å²) in [5.74, 6) is -1.19. The Morgan fingerprint density at radius 3 is 2.71 bits per heavy atom. The van der Waals surface area contributed by atoms with Gasteiger partial charge in [-0.15, -0.1) is 0 Å². The Hall–Kier alpha value is -2.61. The second-order valence-corrected chi connectivity index (χ2v) is 7.13. The van der Waals surface area contributed by atoms with Crippen LogP contribution in [0, 0.1) is 0 Å². The lowest BCUT2D eigenvalue weighted by atomic mass is 9.98. The van der Waals surface area contributed by atoms with Gasteiger partial charge in [0, 0.05) is 44.7 Å². The van der Waals surface area contributed by atoms with E-state index in [0.717, 1.165) is 22.7 Å². The van der Waals surface area contributed by atoms with Crippen molar-refractivity contribution in [2.45, 2.75) is 31.8 Å². The Balaban J connectivity index is 1.51. The molecule has 1 saturated heterocycles. The molecule has 0 aliphatic carbocycles. The van der Waals surface area contributed by atoms with Gasteiger partial charge in [-0.1, -0.05) is 0 Å². The van der Waals surface area contributed by atoms with Crippen LogP contribution in [0.5, 0.6) is 5.75 Å². The molecule has 2 aliphatic rings. The number of rotatable bonds is 6. The number of alkyl halides is 2. The van der Waals surface area contributed by atoms with Gasteiger partial charge in [-0.3, -0.25) is 0 Å². The molecule has 0 amide bonds. The summed E-state index contributed by atoms with van der Waals surface area (Å²) in [7, 11) is 1.64. The van der Waals surface area contributed by atoms with E-state index in [0.29, 0.717) is 18.1 Å². The minimum absolute atomic E-state index is 0.0635. The second-order valence-electron chi connectivity index (χ2n) is 7.13. The molecule has 1 unspecified atom stereocenters. The number of halogens is 2. The molecule has 1 atom stereocenters. The molecule has 0 spiro atoms. The van der Waals surface area contributed by atoms with Gasteiger partial charge in [0.25, 0.3) is 5.92 Å². The minimum Gasteiger partial charge on any atom is -0.488 e. The smallest absolute Gasteiger partial charge is 0.251 e. The number of hydrogen-bond acceptors (Lipinski definition) is 6. The summed E-state index contributed by atoms with van der Waals surface area (Å²) in [6, 6.07) is 7.53. The quantitative estimate of drug-likeness (QED) is 0.646. The summed E-state index contributed by atoms with van der Waals surface area (Å²) in [4.78, 5) is 15.0. The standard InChI is InChI=1S/C20H22F2N4O2/c1-13(11-27-2)28-14-3-4-16-15(9-14)19(25-16)17-10-18(24-12-23-17)26-7-5-20(21,22)6-8-26/h3-4,9-10,12-13H,5-8,11H2,1-2H3. The molecule has 1 fully saturated rings. The van der Waals surface area contributed by atoms with Crippen LogP contribution >= 0.6 is 0 Å². The van der Waals surface area contributed by atoms with E-state index >= 15 is 0 Å². The fourth-order valence-electron chi connectivity index (χ4n) is 3.41. The van der Waals surface area contributed by atoms with Crippen molar-refractivity contribution in [1.82, 2.24) is 9.97 Å². The van der Waals surface area contributed by atoms with Gasteiger partial charge in [0.1, 0.15) is 24.0 Å². The highest BCUT2D eigenvalue weighted by Gasteiger charge is 2.34. The van der Waals surface area contributed by atoms with Crippen molar-refractivity contribution in [3.63, 3.8) is 0 Å². The lowest BCUT2D eigenvalue weighted by Gasteiger charge is -2.32. The van der Waals surface area contributed by atoms with Crippen LogP contribution in [0.25, 0.3) is 0 Å². The molecule has 28 heavy (non-hydrogen) atoms. The first kappa shape index (κ1) is 18.7. The molecule has 2 aromatic rings. The summed E-state index contributed by atoms with van der Waals surface area (Å²) in [5, 5.41) is 0. The predicted molar refractivity (Wildman–Crippen MR) is 102 cm³/mol. The van der Waals surface area contributed by atoms with Crippen LogP contribution < -0.4 is 9.64 Å². The number of anilines is 1. The van der Waals surface area contributed by atoms with E-state index in [9.17, 15) is 8.78 Å². The fourth-order valence-corrected chi connectivity index (χ4v) is 3.41. The van der Waals surface area contributed by atoms with Crippen molar-refractivity contribution in [3.05, 3.63) is 41.9 Å². The molecule has 8 heteroatoms. The first-order valence-corrected chi connectivity index (χ1v) is 9.29. The van der Waals surface area contributed by atoms with Crippen molar-refractivity contribution in [3.8, 4) is 5.75 Å². The average molecular weight is 388 g/mol. The molecule has 0 radical (unpaired) electrons. The normalized spacial score (nSPS) is 18.7. The van der Waals surface area contributed by atoms with Gasteiger partial charge >= 0.3 is 0 Å². The van der Waals surface area contributed by atoms with E-state index in [1.807, 2.05) is 36.1 Å². The van der Waals surface area contributed by atoms with Gasteiger partial charge in [0.15, 0.2) is 0 Å². The van der Waals surface area contributed by atoms with Crippen molar-refractivity contribution in [1.29, 1.82) is 0 Å². The molecule has 0 bridgehead atoms. The van der Waals surface area contributed by atoms with Crippen molar-refractivity contribution >= 4 is 17.2 Å². The first-order valence-electron chi connectivity index (χ1n) is 9.29. The van der Waals surface area contributed by atoms with Crippen LogP contribution in [0.15, 0.2) is 35.6 Å². The molecular weight excluding hydrogens is 366 g/mol. The third kappa shape index (κ3) is 3.82. The molecule has 2 aliphatic heterocycles. The van der Waals surface area contributed by atoms with Gasteiger partial charge in [-0.25, -0.2) is 23.7 Å². The van der Waals surface area contributed by atoms with Gasteiger partial charge in [-0.2, -0.15) is 0 Å². The average Bonchev–Trinajstić information content (AvgIpc) is 2.64. The molecule has 1 aromatic heterocycles. The lowest BCUT2D eigenvalue weighted by molar-refractivity contribution is -0.0221. The third-order valence-electron chi connectivity index (χ3n) is 4.91. The van der Waals surface area contributed by atoms with Crippen LogP contribution in [0.2, 0.25) is 0 Å². The van der Waals surface area contributed by atoms with Crippen LogP contribution in [-0.2, 0) is 4.74 Å². The summed E-state index contributed by atoms with van der Waals surface area (Å²) >= 11 is 0. The number of hydrogen-bond donors (Lipinski definition) is 0. The van der Waals surface area contributed by atoms with E-state index in [4.69, 9.17) is 9.47 Å². The number of nitrogens with zero attached hydrogens (tertiary/aromatic N) is 4. The number of piperidine rings is 1. The van der Waals surface area contributed by atoms with E-state index in [1.54, 1.807) is 7.11 Å². The highest BCUT2D eigenvalue weighted by Crippen LogP contribution is 2.36. The molecule has 0 saturated carbocycles. The summed E-state index contributed by atoms with van der Waals surface area (Å²) in [5.41, 5.74) is 3.26. The zero-order valence-electron chi connectivity index (χ0n) is 15.9. The molecule has 3 heterocycles. The maximum atomic E-state index is 13.4. The van der Waals surface area contributed by atoms with E-state index in [-0.39, 0.29) is 32.0 Å². The highest BCUT2D eigenvalue weighted by molar-refractivity contribution is 6.21. The first-order chi connectivity index (χ1) is 13.4. The maximum absolute atomic E-state index is 13.4. The van der Waals surface area contributed by atoms with Gasteiger partial charge in [0.2, 0.25) is 0 Å². The van der Waals surface area contributed by atoms with Crippen LogP contribution in [0.4, 0.5) is 20.3 Å². The SMILES string of the molecule is COCC(C)Oc1ccc2c(c1)C(c1cc(N3CCC(F)(F)CC3)ncn1)=N2.